The van der Waals surface area contributed by atoms with Crippen LogP contribution < -0.4 is 11.3 Å². The summed E-state index contributed by atoms with van der Waals surface area (Å²) in [5, 5.41) is 0. The smallest absolute Gasteiger partial charge is 0.0849 e. The molecule has 2 fully saturated rings. The highest BCUT2D eigenvalue weighted by Gasteiger charge is 2.45. The molecular formula is C17H34N2O. The number of rotatable bonds is 5. The average Bonchev–Trinajstić information content (AvgIpc) is 2.48. The summed E-state index contributed by atoms with van der Waals surface area (Å²) in [5.41, 5.74) is 3.13. The number of nitrogens with one attached hydrogen (secondary N) is 1. The fraction of sp³-hybridized carbons (Fsp3) is 1.00. The Morgan fingerprint density at radius 2 is 1.95 bits per heavy atom. The van der Waals surface area contributed by atoms with Crippen molar-refractivity contribution in [1.29, 1.82) is 0 Å². The Morgan fingerprint density at radius 3 is 2.45 bits per heavy atom. The molecule has 2 aliphatic rings. The third-order valence-corrected chi connectivity index (χ3v) is 6.08. The van der Waals surface area contributed by atoms with E-state index in [1.807, 2.05) is 7.11 Å². The average molecular weight is 282 g/mol. The maximum Gasteiger partial charge on any atom is 0.0849 e. The zero-order valence-electron chi connectivity index (χ0n) is 13.7. The second-order valence-corrected chi connectivity index (χ2v) is 7.30. The molecule has 3 atom stereocenters. The predicted octanol–water partition coefficient (Wildman–Crippen LogP) is 3.63. The lowest BCUT2D eigenvalue weighted by Crippen LogP contribution is -2.60. The van der Waals surface area contributed by atoms with Crippen LogP contribution in [0.3, 0.4) is 0 Å². The van der Waals surface area contributed by atoms with Crippen LogP contribution in [0.1, 0.15) is 71.6 Å². The number of hydrogen-bond donors (Lipinski definition) is 2. The first-order chi connectivity index (χ1) is 9.65. The molecule has 0 saturated heterocycles. The molecule has 2 aliphatic carbocycles. The first kappa shape index (κ1) is 16.3. The monoisotopic (exact) mass is 282 g/mol. The molecule has 3 heteroatoms. The minimum atomic E-state index is -0.0316. The number of nitrogens with two attached hydrogens (primary N) is 1. The van der Waals surface area contributed by atoms with E-state index in [-0.39, 0.29) is 5.60 Å². The summed E-state index contributed by atoms with van der Waals surface area (Å²) in [5.74, 6) is 8.36. The van der Waals surface area contributed by atoms with Crippen molar-refractivity contribution in [2.45, 2.75) is 83.3 Å². The molecule has 0 aromatic heterocycles. The molecular weight excluding hydrogens is 248 g/mol. The van der Waals surface area contributed by atoms with Gasteiger partial charge in [0.05, 0.1) is 11.6 Å². The van der Waals surface area contributed by atoms with Crippen molar-refractivity contribution < 1.29 is 4.74 Å². The molecule has 118 valence electrons. The SMILES string of the molecule is CCC1CCC(C(NN)C2(OC)CCCC(C)C2)CC1. The van der Waals surface area contributed by atoms with Crippen LogP contribution in [0.4, 0.5) is 0 Å². The lowest BCUT2D eigenvalue weighted by molar-refractivity contribution is -0.0970. The lowest BCUT2D eigenvalue weighted by Gasteiger charge is -2.48. The third kappa shape index (κ3) is 3.37. The molecule has 0 amide bonds. The maximum absolute atomic E-state index is 6.07. The Balaban J connectivity index is 2.05. The first-order valence-corrected chi connectivity index (χ1v) is 8.66. The topological polar surface area (TPSA) is 47.3 Å². The minimum absolute atomic E-state index is 0.0316. The summed E-state index contributed by atoms with van der Waals surface area (Å²) in [4.78, 5) is 0. The summed E-state index contributed by atoms with van der Waals surface area (Å²) in [7, 11) is 1.89. The van der Waals surface area contributed by atoms with E-state index in [1.54, 1.807) is 0 Å². The summed E-state index contributed by atoms with van der Waals surface area (Å²) >= 11 is 0. The van der Waals surface area contributed by atoms with Crippen molar-refractivity contribution in [3.63, 3.8) is 0 Å². The molecule has 3 nitrogen and oxygen atoms in total. The quantitative estimate of drug-likeness (QED) is 0.598. The fourth-order valence-electron chi connectivity index (χ4n) is 4.79. The van der Waals surface area contributed by atoms with Crippen molar-refractivity contribution >= 4 is 0 Å². The van der Waals surface area contributed by atoms with Gasteiger partial charge in [0, 0.05) is 7.11 Å². The molecule has 0 aromatic carbocycles. The van der Waals surface area contributed by atoms with Crippen LogP contribution in [0.5, 0.6) is 0 Å². The molecule has 0 spiro atoms. The highest BCUT2D eigenvalue weighted by atomic mass is 16.5. The zero-order chi connectivity index (χ0) is 14.6. The van der Waals surface area contributed by atoms with Crippen molar-refractivity contribution in [3.8, 4) is 0 Å². The van der Waals surface area contributed by atoms with Crippen LogP contribution in [0.2, 0.25) is 0 Å². The van der Waals surface area contributed by atoms with Gasteiger partial charge >= 0.3 is 0 Å². The third-order valence-electron chi connectivity index (χ3n) is 6.08. The number of hydrogen-bond acceptors (Lipinski definition) is 3. The zero-order valence-corrected chi connectivity index (χ0v) is 13.7. The fourth-order valence-corrected chi connectivity index (χ4v) is 4.79. The molecule has 2 rings (SSSR count). The van der Waals surface area contributed by atoms with Crippen LogP contribution in [-0.4, -0.2) is 18.8 Å². The number of methoxy groups -OCH3 is 1. The van der Waals surface area contributed by atoms with Gasteiger partial charge in [0.1, 0.15) is 0 Å². The molecule has 3 N–H and O–H groups in total. The van der Waals surface area contributed by atoms with Crippen molar-refractivity contribution in [1.82, 2.24) is 5.43 Å². The maximum atomic E-state index is 6.07. The van der Waals surface area contributed by atoms with Gasteiger partial charge in [0.2, 0.25) is 0 Å². The molecule has 0 aromatic rings. The predicted molar refractivity (Wildman–Crippen MR) is 84.2 cm³/mol. The second kappa shape index (κ2) is 7.24. The highest BCUT2D eigenvalue weighted by molar-refractivity contribution is 5.00. The molecule has 0 radical (unpaired) electrons. The van der Waals surface area contributed by atoms with Gasteiger partial charge in [0.15, 0.2) is 0 Å². The number of hydrazine groups is 1. The highest BCUT2D eigenvalue weighted by Crippen LogP contribution is 2.43. The van der Waals surface area contributed by atoms with Crippen LogP contribution in [0.25, 0.3) is 0 Å². The second-order valence-electron chi connectivity index (χ2n) is 7.30. The van der Waals surface area contributed by atoms with Gasteiger partial charge in [-0.15, -0.1) is 0 Å². The summed E-state index contributed by atoms with van der Waals surface area (Å²) < 4.78 is 6.07. The summed E-state index contributed by atoms with van der Waals surface area (Å²) in [6, 6.07) is 0.327. The Labute approximate surface area is 125 Å². The normalized spacial score (nSPS) is 40.5. The van der Waals surface area contributed by atoms with Gasteiger partial charge in [-0.2, -0.15) is 0 Å². The van der Waals surface area contributed by atoms with E-state index in [2.05, 4.69) is 19.3 Å². The molecule has 20 heavy (non-hydrogen) atoms. The van der Waals surface area contributed by atoms with E-state index in [0.29, 0.717) is 12.0 Å². The van der Waals surface area contributed by atoms with Crippen LogP contribution in [-0.2, 0) is 4.74 Å². The van der Waals surface area contributed by atoms with Gasteiger partial charge in [-0.3, -0.25) is 11.3 Å². The van der Waals surface area contributed by atoms with Gasteiger partial charge in [-0.05, 0) is 43.4 Å². The Morgan fingerprint density at radius 1 is 1.25 bits per heavy atom. The van der Waals surface area contributed by atoms with E-state index < -0.39 is 0 Å². The molecule has 0 aliphatic heterocycles. The van der Waals surface area contributed by atoms with Crippen molar-refractivity contribution in [3.05, 3.63) is 0 Å². The molecule has 0 bridgehead atoms. The van der Waals surface area contributed by atoms with E-state index in [0.717, 1.165) is 24.7 Å². The Hall–Kier alpha value is -0.120. The van der Waals surface area contributed by atoms with Gasteiger partial charge in [0.25, 0.3) is 0 Å². The lowest BCUT2D eigenvalue weighted by atomic mass is 9.67. The van der Waals surface area contributed by atoms with Crippen LogP contribution in [0, 0.1) is 17.8 Å². The Bertz CT molecular complexity index is 289. The van der Waals surface area contributed by atoms with Gasteiger partial charge < -0.3 is 4.74 Å². The van der Waals surface area contributed by atoms with Crippen molar-refractivity contribution in [2.75, 3.05) is 7.11 Å². The van der Waals surface area contributed by atoms with E-state index >= 15 is 0 Å². The van der Waals surface area contributed by atoms with Crippen molar-refractivity contribution in [2.24, 2.45) is 23.6 Å². The largest absolute Gasteiger partial charge is 0.377 e. The summed E-state index contributed by atoms with van der Waals surface area (Å²) in [6.07, 6.45) is 11.6. The minimum Gasteiger partial charge on any atom is -0.377 e. The standard InChI is InChI=1S/C17H34N2O/c1-4-14-7-9-15(10-8-14)16(19-18)17(20-3)11-5-6-13(2)12-17/h13-16,19H,4-12,18H2,1-3H3. The molecule has 3 unspecified atom stereocenters. The van der Waals surface area contributed by atoms with Gasteiger partial charge in [-0.25, -0.2) is 0 Å². The summed E-state index contributed by atoms with van der Waals surface area (Å²) in [6.45, 7) is 4.68. The molecule has 0 heterocycles. The van der Waals surface area contributed by atoms with E-state index in [9.17, 15) is 0 Å². The van der Waals surface area contributed by atoms with E-state index in [1.165, 1.54) is 44.9 Å². The van der Waals surface area contributed by atoms with Gasteiger partial charge in [-0.1, -0.05) is 46.0 Å². The van der Waals surface area contributed by atoms with Crippen LogP contribution >= 0.6 is 0 Å². The Kier molecular flexibility index (Phi) is 5.88. The molecule has 2 saturated carbocycles. The first-order valence-electron chi connectivity index (χ1n) is 8.66. The number of ether oxygens (including phenoxy) is 1. The van der Waals surface area contributed by atoms with Crippen LogP contribution in [0.15, 0.2) is 0 Å². The van der Waals surface area contributed by atoms with E-state index in [4.69, 9.17) is 10.6 Å².